The summed E-state index contributed by atoms with van der Waals surface area (Å²) >= 11 is 0. The van der Waals surface area contributed by atoms with Gasteiger partial charge in [-0.1, -0.05) is 78.9 Å². The fourth-order valence-electron chi connectivity index (χ4n) is 6.36. The van der Waals surface area contributed by atoms with E-state index in [4.69, 9.17) is 8.83 Å². The summed E-state index contributed by atoms with van der Waals surface area (Å²) in [6, 6.07) is 44.1. The molecule has 0 amide bonds. The standard InChI is InChI=1S/C38H22FNO2/c39-25-16-18-26(19-17-25)40(33-14-7-13-30-28-11-5-6-15-35(28)41-38(30)33)34-22-32-31-20-23-8-1-2-9-24(23)21-36(31)42-37(32)29-12-4-3-10-27(29)34/h1-22H. The zero-order valence-electron chi connectivity index (χ0n) is 22.3. The molecular formula is C38H22FNO2. The zero-order valence-corrected chi connectivity index (χ0v) is 22.3. The van der Waals surface area contributed by atoms with Crippen LogP contribution in [0.25, 0.3) is 65.4 Å². The van der Waals surface area contributed by atoms with Gasteiger partial charge in [-0.2, -0.15) is 0 Å². The van der Waals surface area contributed by atoms with Gasteiger partial charge in [0.25, 0.3) is 0 Å². The molecule has 7 aromatic carbocycles. The van der Waals surface area contributed by atoms with E-state index in [1.165, 1.54) is 12.1 Å². The van der Waals surface area contributed by atoms with E-state index in [2.05, 4.69) is 77.7 Å². The second-order valence-corrected chi connectivity index (χ2v) is 10.7. The summed E-state index contributed by atoms with van der Waals surface area (Å²) in [5.41, 5.74) is 5.94. The number of fused-ring (bicyclic) bond motifs is 9. The van der Waals surface area contributed by atoms with E-state index in [0.717, 1.165) is 82.5 Å². The molecule has 2 aromatic heterocycles. The first-order chi connectivity index (χ1) is 20.7. The molecule has 3 nitrogen and oxygen atoms in total. The molecule has 0 fully saturated rings. The van der Waals surface area contributed by atoms with E-state index < -0.39 is 0 Å². The number of hydrogen-bond donors (Lipinski definition) is 0. The Morgan fingerprint density at radius 2 is 1.07 bits per heavy atom. The summed E-state index contributed by atoms with van der Waals surface area (Å²) in [6.07, 6.45) is 0. The number of halogens is 1. The maximum absolute atomic E-state index is 14.2. The second-order valence-electron chi connectivity index (χ2n) is 10.7. The minimum absolute atomic E-state index is 0.284. The summed E-state index contributed by atoms with van der Waals surface area (Å²) in [4.78, 5) is 2.17. The van der Waals surface area contributed by atoms with Crippen molar-refractivity contribution in [1.82, 2.24) is 0 Å². The Hall–Kier alpha value is -5.61. The van der Waals surface area contributed by atoms with Crippen LogP contribution in [0.2, 0.25) is 0 Å². The van der Waals surface area contributed by atoms with Crippen molar-refractivity contribution in [3.63, 3.8) is 0 Å². The van der Waals surface area contributed by atoms with Crippen LogP contribution in [-0.2, 0) is 0 Å². The fraction of sp³-hybridized carbons (Fsp3) is 0. The quantitative estimate of drug-likeness (QED) is 0.222. The highest BCUT2D eigenvalue weighted by molar-refractivity contribution is 6.22. The van der Waals surface area contributed by atoms with Crippen LogP contribution >= 0.6 is 0 Å². The van der Waals surface area contributed by atoms with Crippen LogP contribution in [0.15, 0.2) is 142 Å². The third-order valence-electron chi connectivity index (χ3n) is 8.27. The van der Waals surface area contributed by atoms with Crippen molar-refractivity contribution in [2.24, 2.45) is 0 Å². The van der Waals surface area contributed by atoms with Gasteiger partial charge in [-0.15, -0.1) is 0 Å². The Morgan fingerprint density at radius 1 is 0.429 bits per heavy atom. The molecule has 9 aromatic rings. The van der Waals surface area contributed by atoms with Gasteiger partial charge in [0.05, 0.1) is 11.4 Å². The molecule has 198 valence electrons. The molecular weight excluding hydrogens is 521 g/mol. The van der Waals surface area contributed by atoms with Crippen LogP contribution in [0.3, 0.4) is 0 Å². The monoisotopic (exact) mass is 543 g/mol. The molecule has 9 rings (SSSR count). The lowest BCUT2D eigenvalue weighted by Crippen LogP contribution is -2.11. The molecule has 0 radical (unpaired) electrons. The number of nitrogens with zero attached hydrogens (tertiary/aromatic N) is 1. The van der Waals surface area contributed by atoms with E-state index in [0.29, 0.717) is 0 Å². The van der Waals surface area contributed by atoms with Gasteiger partial charge in [-0.3, -0.25) is 0 Å². The SMILES string of the molecule is Fc1ccc(N(c2cc3c4cc5ccccc5cc4oc3c3ccccc23)c2cccc3c2oc2ccccc23)cc1. The Kier molecular flexibility index (Phi) is 4.79. The van der Waals surface area contributed by atoms with Crippen molar-refractivity contribution in [3.8, 4) is 0 Å². The molecule has 0 saturated carbocycles. The van der Waals surface area contributed by atoms with Gasteiger partial charge in [-0.05, 0) is 65.4 Å². The number of benzene rings is 7. The predicted octanol–water partition coefficient (Wildman–Crippen LogP) is 11.4. The van der Waals surface area contributed by atoms with Gasteiger partial charge in [0, 0.05) is 38.0 Å². The molecule has 0 saturated heterocycles. The van der Waals surface area contributed by atoms with E-state index in [1.54, 1.807) is 0 Å². The minimum Gasteiger partial charge on any atom is -0.455 e. The van der Waals surface area contributed by atoms with Crippen molar-refractivity contribution < 1.29 is 13.2 Å². The average Bonchev–Trinajstić information content (AvgIpc) is 3.59. The molecule has 0 unspecified atom stereocenters. The summed E-state index contributed by atoms with van der Waals surface area (Å²) in [7, 11) is 0. The lowest BCUT2D eigenvalue weighted by atomic mass is 10.0. The Balaban J connectivity index is 1.42. The van der Waals surface area contributed by atoms with Crippen molar-refractivity contribution in [1.29, 1.82) is 0 Å². The summed E-state index contributed by atoms with van der Waals surface area (Å²) in [5, 5.41) is 8.48. The third-order valence-corrected chi connectivity index (χ3v) is 8.27. The van der Waals surface area contributed by atoms with Crippen LogP contribution in [-0.4, -0.2) is 0 Å². The Morgan fingerprint density at radius 3 is 1.90 bits per heavy atom. The Labute approximate surface area is 239 Å². The van der Waals surface area contributed by atoms with Crippen LogP contribution in [0, 0.1) is 5.82 Å². The van der Waals surface area contributed by atoms with E-state index in [1.807, 2.05) is 48.5 Å². The van der Waals surface area contributed by atoms with Crippen molar-refractivity contribution in [2.45, 2.75) is 0 Å². The molecule has 0 bridgehead atoms. The fourth-order valence-corrected chi connectivity index (χ4v) is 6.36. The predicted molar refractivity (Wildman–Crippen MR) is 171 cm³/mol. The van der Waals surface area contributed by atoms with Crippen LogP contribution in [0.4, 0.5) is 21.5 Å². The normalized spacial score (nSPS) is 11.9. The number of para-hydroxylation sites is 2. The first kappa shape index (κ1) is 23.1. The van der Waals surface area contributed by atoms with Crippen LogP contribution < -0.4 is 4.90 Å². The number of anilines is 3. The minimum atomic E-state index is -0.284. The number of hydrogen-bond acceptors (Lipinski definition) is 3. The molecule has 42 heavy (non-hydrogen) atoms. The maximum Gasteiger partial charge on any atom is 0.159 e. The number of furan rings is 2. The molecule has 4 heteroatoms. The van der Waals surface area contributed by atoms with Gasteiger partial charge in [0.1, 0.15) is 22.6 Å². The van der Waals surface area contributed by atoms with Gasteiger partial charge in [0.15, 0.2) is 5.58 Å². The molecule has 2 heterocycles. The zero-order chi connectivity index (χ0) is 27.8. The van der Waals surface area contributed by atoms with Gasteiger partial charge < -0.3 is 13.7 Å². The smallest absolute Gasteiger partial charge is 0.159 e. The number of rotatable bonds is 3. The van der Waals surface area contributed by atoms with Gasteiger partial charge in [0.2, 0.25) is 0 Å². The summed E-state index contributed by atoms with van der Waals surface area (Å²) in [5.74, 6) is -0.284. The highest BCUT2D eigenvalue weighted by Crippen LogP contribution is 2.47. The van der Waals surface area contributed by atoms with Crippen molar-refractivity contribution >= 4 is 82.5 Å². The van der Waals surface area contributed by atoms with Crippen molar-refractivity contribution in [2.75, 3.05) is 4.90 Å². The molecule has 0 aliphatic rings. The van der Waals surface area contributed by atoms with Gasteiger partial charge in [-0.25, -0.2) is 4.39 Å². The second kappa shape index (κ2) is 8.69. The average molecular weight is 544 g/mol. The molecule has 0 atom stereocenters. The van der Waals surface area contributed by atoms with E-state index in [-0.39, 0.29) is 5.82 Å². The molecule has 0 spiro atoms. The van der Waals surface area contributed by atoms with Gasteiger partial charge >= 0.3 is 0 Å². The largest absolute Gasteiger partial charge is 0.455 e. The summed E-state index contributed by atoms with van der Waals surface area (Å²) in [6.45, 7) is 0. The van der Waals surface area contributed by atoms with Crippen LogP contribution in [0.1, 0.15) is 0 Å². The molecule has 0 N–H and O–H groups in total. The van der Waals surface area contributed by atoms with Crippen molar-refractivity contribution in [3.05, 3.63) is 139 Å². The highest BCUT2D eigenvalue weighted by Gasteiger charge is 2.23. The first-order valence-corrected chi connectivity index (χ1v) is 14.0. The Bertz CT molecular complexity index is 2490. The third kappa shape index (κ3) is 3.32. The van der Waals surface area contributed by atoms with E-state index >= 15 is 0 Å². The maximum atomic E-state index is 14.2. The lowest BCUT2D eigenvalue weighted by molar-refractivity contribution is 0.628. The first-order valence-electron chi connectivity index (χ1n) is 14.0. The van der Waals surface area contributed by atoms with Crippen LogP contribution in [0.5, 0.6) is 0 Å². The molecule has 0 aliphatic carbocycles. The summed E-state index contributed by atoms with van der Waals surface area (Å²) < 4.78 is 27.3. The lowest BCUT2D eigenvalue weighted by Gasteiger charge is -2.27. The highest BCUT2D eigenvalue weighted by atomic mass is 19.1. The topological polar surface area (TPSA) is 29.5 Å². The van der Waals surface area contributed by atoms with E-state index in [9.17, 15) is 4.39 Å². The molecule has 0 aliphatic heterocycles.